The summed E-state index contributed by atoms with van der Waals surface area (Å²) < 4.78 is 2.14. The number of nitrogens with zero attached hydrogens (tertiary/aromatic N) is 1. The highest BCUT2D eigenvalue weighted by Gasteiger charge is 2.13. The molecule has 2 N–H and O–H groups in total. The molecule has 4 heteroatoms. The SMILES string of the molecule is Nc1cccc(-n2c3cc(Cl)ccc3c3ccc(Cl)cc32)c1. The lowest BCUT2D eigenvalue weighted by Gasteiger charge is -2.08. The summed E-state index contributed by atoms with van der Waals surface area (Å²) in [6.07, 6.45) is 0. The van der Waals surface area contributed by atoms with E-state index in [-0.39, 0.29) is 0 Å². The van der Waals surface area contributed by atoms with E-state index in [0.717, 1.165) is 33.2 Å². The number of aromatic nitrogens is 1. The topological polar surface area (TPSA) is 30.9 Å². The molecule has 3 aromatic carbocycles. The van der Waals surface area contributed by atoms with Crippen LogP contribution in [-0.2, 0) is 0 Å². The van der Waals surface area contributed by atoms with Crippen molar-refractivity contribution in [1.29, 1.82) is 0 Å². The van der Waals surface area contributed by atoms with Crippen LogP contribution in [0, 0.1) is 0 Å². The van der Waals surface area contributed by atoms with Crippen molar-refractivity contribution in [2.75, 3.05) is 5.73 Å². The van der Waals surface area contributed by atoms with Gasteiger partial charge in [-0.05, 0) is 42.5 Å². The molecule has 0 spiro atoms. The van der Waals surface area contributed by atoms with Gasteiger partial charge in [0.25, 0.3) is 0 Å². The number of anilines is 1. The summed E-state index contributed by atoms with van der Waals surface area (Å²) in [6, 6.07) is 19.6. The van der Waals surface area contributed by atoms with E-state index >= 15 is 0 Å². The average Bonchev–Trinajstić information content (AvgIpc) is 2.79. The molecule has 4 rings (SSSR count). The van der Waals surface area contributed by atoms with Gasteiger partial charge < -0.3 is 10.3 Å². The maximum Gasteiger partial charge on any atom is 0.0555 e. The van der Waals surface area contributed by atoms with Crippen molar-refractivity contribution in [3.05, 3.63) is 70.7 Å². The van der Waals surface area contributed by atoms with Crippen LogP contribution in [0.25, 0.3) is 27.5 Å². The van der Waals surface area contributed by atoms with Crippen molar-refractivity contribution in [2.45, 2.75) is 0 Å². The third-order valence-electron chi connectivity index (χ3n) is 3.82. The van der Waals surface area contributed by atoms with Crippen LogP contribution < -0.4 is 5.73 Å². The molecule has 0 amide bonds. The first-order valence-corrected chi connectivity index (χ1v) is 7.64. The van der Waals surface area contributed by atoms with Gasteiger partial charge in [-0.1, -0.05) is 41.4 Å². The largest absolute Gasteiger partial charge is 0.399 e. The zero-order valence-electron chi connectivity index (χ0n) is 11.6. The predicted molar refractivity (Wildman–Crippen MR) is 95.2 cm³/mol. The predicted octanol–water partition coefficient (Wildman–Crippen LogP) is 5.67. The Kier molecular flexibility index (Phi) is 3.03. The van der Waals surface area contributed by atoms with Crippen molar-refractivity contribution in [3.8, 4) is 5.69 Å². The molecule has 0 aliphatic rings. The second-order valence-electron chi connectivity index (χ2n) is 5.25. The van der Waals surface area contributed by atoms with E-state index in [4.69, 9.17) is 28.9 Å². The Labute approximate surface area is 137 Å². The van der Waals surface area contributed by atoms with Crippen LogP contribution in [-0.4, -0.2) is 4.57 Å². The van der Waals surface area contributed by atoms with E-state index < -0.39 is 0 Å². The van der Waals surface area contributed by atoms with Gasteiger partial charge in [0.05, 0.1) is 11.0 Å². The Morgan fingerprint density at radius 1 is 0.727 bits per heavy atom. The monoisotopic (exact) mass is 326 g/mol. The van der Waals surface area contributed by atoms with Gasteiger partial charge in [-0.2, -0.15) is 0 Å². The van der Waals surface area contributed by atoms with Crippen LogP contribution in [0.1, 0.15) is 0 Å². The third-order valence-corrected chi connectivity index (χ3v) is 4.29. The quantitative estimate of drug-likeness (QED) is 0.449. The van der Waals surface area contributed by atoms with Crippen LogP contribution in [0.15, 0.2) is 60.7 Å². The number of halogens is 2. The molecular weight excluding hydrogens is 315 g/mol. The average molecular weight is 327 g/mol. The third kappa shape index (κ3) is 2.04. The Morgan fingerprint density at radius 3 is 1.86 bits per heavy atom. The van der Waals surface area contributed by atoms with Gasteiger partial charge in [-0.15, -0.1) is 0 Å². The van der Waals surface area contributed by atoms with Crippen LogP contribution >= 0.6 is 23.2 Å². The summed E-state index contributed by atoms with van der Waals surface area (Å²) in [6.45, 7) is 0. The van der Waals surface area contributed by atoms with Crippen LogP contribution in [0.4, 0.5) is 5.69 Å². The van der Waals surface area contributed by atoms with Crippen molar-refractivity contribution >= 4 is 50.7 Å². The van der Waals surface area contributed by atoms with Crippen molar-refractivity contribution in [1.82, 2.24) is 4.57 Å². The molecule has 4 aromatic rings. The van der Waals surface area contributed by atoms with Gasteiger partial charge in [-0.25, -0.2) is 0 Å². The fraction of sp³-hybridized carbons (Fsp3) is 0. The fourth-order valence-electron chi connectivity index (χ4n) is 2.91. The second-order valence-corrected chi connectivity index (χ2v) is 6.13. The number of fused-ring (bicyclic) bond motifs is 3. The Bertz CT molecular complexity index is 959. The first-order valence-electron chi connectivity index (χ1n) is 6.88. The smallest absolute Gasteiger partial charge is 0.0555 e. The molecule has 22 heavy (non-hydrogen) atoms. The first-order chi connectivity index (χ1) is 10.6. The summed E-state index contributed by atoms with van der Waals surface area (Å²) in [5.74, 6) is 0. The number of hydrogen-bond donors (Lipinski definition) is 1. The highest BCUT2D eigenvalue weighted by atomic mass is 35.5. The molecule has 0 atom stereocenters. The molecule has 0 saturated carbocycles. The molecule has 0 saturated heterocycles. The van der Waals surface area contributed by atoms with Crippen molar-refractivity contribution in [2.24, 2.45) is 0 Å². The van der Waals surface area contributed by atoms with Gasteiger partial charge in [0.2, 0.25) is 0 Å². The van der Waals surface area contributed by atoms with Gasteiger partial charge in [-0.3, -0.25) is 0 Å². The van der Waals surface area contributed by atoms with E-state index in [1.165, 1.54) is 0 Å². The van der Waals surface area contributed by atoms with E-state index in [1.807, 2.05) is 60.7 Å². The maximum atomic E-state index is 6.20. The number of nitrogen functional groups attached to an aromatic ring is 1. The van der Waals surface area contributed by atoms with Crippen LogP contribution in [0.2, 0.25) is 10.0 Å². The minimum atomic E-state index is 0.701. The van der Waals surface area contributed by atoms with E-state index in [1.54, 1.807) is 0 Å². The summed E-state index contributed by atoms with van der Waals surface area (Å²) in [5.41, 5.74) is 9.73. The molecule has 108 valence electrons. The summed E-state index contributed by atoms with van der Waals surface area (Å²) in [5, 5.41) is 3.68. The molecule has 0 fully saturated rings. The van der Waals surface area contributed by atoms with Gasteiger partial charge in [0.15, 0.2) is 0 Å². The number of rotatable bonds is 1. The number of nitrogens with two attached hydrogens (primary N) is 1. The molecule has 0 aliphatic carbocycles. The lowest BCUT2D eigenvalue weighted by atomic mass is 10.1. The molecule has 2 nitrogen and oxygen atoms in total. The molecule has 1 aromatic heterocycles. The van der Waals surface area contributed by atoms with E-state index in [9.17, 15) is 0 Å². The maximum absolute atomic E-state index is 6.20. The van der Waals surface area contributed by atoms with Gasteiger partial charge in [0.1, 0.15) is 0 Å². The molecule has 0 bridgehead atoms. The molecule has 1 heterocycles. The number of hydrogen-bond acceptors (Lipinski definition) is 1. The lowest BCUT2D eigenvalue weighted by Crippen LogP contribution is -1.95. The Morgan fingerprint density at radius 2 is 1.32 bits per heavy atom. The summed E-state index contributed by atoms with van der Waals surface area (Å²) >= 11 is 12.4. The second kappa shape index (κ2) is 4.94. The van der Waals surface area contributed by atoms with Gasteiger partial charge >= 0.3 is 0 Å². The molecule has 0 unspecified atom stereocenters. The summed E-state index contributed by atoms with van der Waals surface area (Å²) in [4.78, 5) is 0. The van der Waals surface area contributed by atoms with Crippen molar-refractivity contribution in [3.63, 3.8) is 0 Å². The van der Waals surface area contributed by atoms with E-state index in [0.29, 0.717) is 10.0 Å². The van der Waals surface area contributed by atoms with E-state index in [2.05, 4.69) is 4.57 Å². The van der Waals surface area contributed by atoms with Crippen molar-refractivity contribution < 1.29 is 0 Å². The highest BCUT2D eigenvalue weighted by molar-refractivity contribution is 6.32. The first kappa shape index (κ1) is 13.5. The summed E-state index contributed by atoms with van der Waals surface area (Å²) in [7, 11) is 0. The zero-order chi connectivity index (χ0) is 15.3. The lowest BCUT2D eigenvalue weighted by molar-refractivity contribution is 1.18. The normalized spacial score (nSPS) is 11.4. The standard InChI is InChI=1S/C18H12Cl2N2/c19-11-4-6-15-16-7-5-12(20)9-18(16)22(17(15)8-11)14-3-1-2-13(21)10-14/h1-10H,21H2. The molecular formula is C18H12Cl2N2. The zero-order valence-corrected chi connectivity index (χ0v) is 13.1. The molecule has 0 radical (unpaired) electrons. The fourth-order valence-corrected chi connectivity index (χ4v) is 3.24. The minimum Gasteiger partial charge on any atom is -0.399 e. The molecule has 0 aliphatic heterocycles. The number of benzene rings is 3. The highest BCUT2D eigenvalue weighted by Crippen LogP contribution is 2.35. The van der Waals surface area contributed by atoms with Gasteiger partial charge in [0, 0.05) is 32.2 Å². The van der Waals surface area contributed by atoms with Crippen LogP contribution in [0.3, 0.4) is 0 Å². The van der Waals surface area contributed by atoms with Crippen LogP contribution in [0.5, 0.6) is 0 Å². The Hall–Kier alpha value is -2.16. The Balaban J connectivity index is 2.22. The minimum absolute atomic E-state index is 0.701.